The lowest BCUT2D eigenvalue weighted by molar-refractivity contribution is -0.125. The number of rotatable bonds is 4. The van der Waals surface area contributed by atoms with Crippen LogP contribution in [-0.2, 0) is 4.79 Å². The smallest absolute Gasteiger partial charge is 0.224 e. The number of benzene rings is 1. The lowest BCUT2D eigenvalue weighted by Crippen LogP contribution is -2.37. The molecule has 4 nitrogen and oxygen atoms in total. The van der Waals surface area contributed by atoms with Crippen LogP contribution < -0.4 is 11.1 Å². The summed E-state index contributed by atoms with van der Waals surface area (Å²) in [6.45, 7) is 6.10. The van der Waals surface area contributed by atoms with Crippen LogP contribution in [0.2, 0.25) is 0 Å². The molecule has 0 saturated heterocycles. The summed E-state index contributed by atoms with van der Waals surface area (Å²) in [5.41, 5.74) is 6.76. The molecular weight excluding hydrogens is 238 g/mol. The van der Waals surface area contributed by atoms with Gasteiger partial charge in [0, 0.05) is 11.9 Å². The van der Waals surface area contributed by atoms with E-state index in [0.29, 0.717) is 6.54 Å². The zero-order valence-corrected chi connectivity index (χ0v) is 11.5. The van der Waals surface area contributed by atoms with Crippen LogP contribution in [0.3, 0.4) is 0 Å². The first kappa shape index (κ1) is 13.3. The second-order valence-electron chi connectivity index (χ2n) is 5.45. The Morgan fingerprint density at radius 1 is 1.37 bits per heavy atom. The van der Waals surface area contributed by atoms with E-state index in [0.717, 1.165) is 22.3 Å². The van der Waals surface area contributed by atoms with Crippen molar-refractivity contribution in [3.8, 4) is 0 Å². The quantitative estimate of drug-likeness (QED) is 0.884. The number of para-hydroxylation sites is 1. The van der Waals surface area contributed by atoms with E-state index in [2.05, 4.69) is 16.4 Å². The molecule has 0 saturated carbocycles. The summed E-state index contributed by atoms with van der Waals surface area (Å²) in [4.78, 5) is 15.9. The molecule has 0 atom stereocenters. The summed E-state index contributed by atoms with van der Waals surface area (Å²) in [6.07, 6.45) is 0. The van der Waals surface area contributed by atoms with Crippen LogP contribution >= 0.6 is 0 Å². The number of aryl methyl sites for hydroxylation is 1. The highest BCUT2D eigenvalue weighted by atomic mass is 16.1. The van der Waals surface area contributed by atoms with E-state index < -0.39 is 5.41 Å². The largest absolute Gasteiger partial charge is 0.369 e. The van der Waals surface area contributed by atoms with E-state index in [-0.39, 0.29) is 5.91 Å². The van der Waals surface area contributed by atoms with Gasteiger partial charge in [0.15, 0.2) is 0 Å². The van der Waals surface area contributed by atoms with Gasteiger partial charge in [0.05, 0.1) is 10.9 Å². The lowest BCUT2D eigenvalue weighted by Gasteiger charge is -2.21. The maximum atomic E-state index is 11.3. The Morgan fingerprint density at radius 3 is 2.74 bits per heavy atom. The molecule has 19 heavy (non-hydrogen) atoms. The van der Waals surface area contributed by atoms with Gasteiger partial charge in [-0.1, -0.05) is 18.2 Å². The van der Waals surface area contributed by atoms with Crippen LogP contribution in [0.1, 0.15) is 19.4 Å². The third-order valence-corrected chi connectivity index (χ3v) is 3.28. The van der Waals surface area contributed by atoms with Crippen molar-refractivity contribution in [1.82, 2.24) is 4.98 Å². The van der Waals surface area contributed by atoms with E-state index >= 15 is 0 Å². The fourth-order valence-corrected chi connectivity index (χ4v) is 1.79. The summed E-state index contributed by atoms with van der Waals surface area (Å²) in [5.74, 6) is 0.478. The number of hydrogen-bond acceptors (Lipinski definition) is 3. The highest BCUT2D eigenvalue weighted by Crippen LogP contribution is 2.21. The number of carbonyl (C=O) groups excluding carboxylic acids is 1. The standard InChI is InChI=1S/C15H19N3O/c1-10-8-11-6-4-5-7-12(11)18-13(10)17-9-15(2,3)14(16)19/h4-8H,9H2,1-3H3,(H2,16,19)(H,17,18). The van der Waals surface area contributed by atoms with Crippen molar-refractivity contribution in [1.29, 1.82) is 0 Å². The Bertz CT molecular complexity index is 620. The number of pyridine rings is 1. The number of nitrogens with zero attached hydrogens (tertiary/aromatic N) is 1. The average molecular weight is 257 g/mol. The normalized spacial score (nSPS) is 11.5. The summed E-state index contributed by atoms with van der Waals surface area (Å²) >= 11 is 0. The zero-order valence-electron chi connectivity index (χ0n) is 11.5. The molecule has 1 heterocycles. The number of hydrogen-bond donors (Lipinski definition) is 2. The molecular formula is C15H19N3O. The van der Waals surface area contributed by atoms with Crippen molar-refractivity contribution in [2.24, 2.45) is 11.1 Å². The molecule has 1 aromatic heterocycles. The first-order chi connectivity index (χ1) is 8.90. The van der Waals surface area contributed by atoms with E-state index in [4.69, 9.17) is 5.73 Å². The molecule has 3 N–H and O–H groups in total. The van der Waals surface area contributed by atoms with Crippen molar-refractivity contribution < 1.29 is 4.79 Å². The number of amides is 1. The van der Waals surface area contributed by atoms with Gasteiger partial charge >= 0.3 is 0 Å². The van der Waals surface area contributed by atoms with Gasteiger partial charge in [-0.25, -0.2) is 4.98 Å². The predicted octanol–water partition coefficient (Wildman–Crippen LogP) is 2.47. The van der Waals surface area contributed by atoms with Crippen LogP contribution in [0.4, 0.5) is 5.82 Å². The number of anilines is 1. The van der Waals surface area contributed by atoms with Crippen LogP contribution in [0.15, 0.2) is 30.3 Å². The fraction of sp³-hybridized carbons (Fsp3) is 0.333. The van der Waals surface area contributed by atoms with Crippen LogP contribution in [-0.4, -0.2) is 17.4 Å². The second kappa shape index (κ2) is 4.88. The van der Waals surface area contributed by atoms with Gasteiger partial charge < -0.3 is 11.1 Å². The van der Waals surface area contributed by atoms with Crippen molar-refractivity contribution in [3.05, 3.63) is 35.9 Å². The van der Waals surface area contributed by atoms with Crippen LogP contribution in [0.5, 0.6) is 0 Å². The van der Waals surface area contributed by atoms with E-state index in [9.17, 15) is 4.79 Å². The first-order valence-corrected chi connectivity index (χ1v) is 6.30. The molecule has 100 valence electrons. The van der Waals surface area contributed by atoms with Gasteiger partial charge in [-0.2, -0.15) is 0 Å². The molecule has 4 heteroatoms. The van der Waals surface area contributed by atoms with Gasteiger partial charge in [0.2, 0.25) is 5.91 Å². The first-order valence-electron chi connectivity index (χ1n) is 6.30. The monoisotopic (exact) mass is 257 g/mol. The van der Waals surface area contributed by atoms with Crippen molar-refractivity contribution >= 4 is 22.6 Å². The Kier molecular flexibility index (Phi) is 3.42. The van der Waals surface area contributed by atoms with E-state index in [1.165, 1.54) is 0 Å². The van der Waals surface area contributed by atoms with Crippen molar-refractivity contribution in [2.75, 3.05) is 11.9 Å². The molecule has 0 spiro atoms. The summed E-state index contributed by atoms with van der Waals surface area (Å²) < 4.78 is 0. The molecule has 0 aliphatic rings. The molecule has 0 unspecified atom stereocenters. The maximum Gasteiger partial charge on any atom is 0.224 e. The summed E-state index contributed by atoms with van der Waals surface area (Å²) in [5, 5.41) is 4.33. The molecule has 0 aliphatic carbocycles. The minimum Gasteiger partial charge on any atom is -0.369 e. The fourth-order valence-electron chi connectivity index (χ4n) is 1.79. The Balaban J connectivity index is 2.26. The van der Waals surface area contributed by atoms with E-state index in [1.54, 1.807) is 0 Å². The minimum atomic E-state index is -0.597. The molecule has 0 radical (unpaired) electrons. The summed E-state index contributed by atoms with van der Waals surface area (Å²) in [7, 11) is 0. The van der Waals surface area contributed by atoms with Gasteiger partial charge in [0.1, 0.15) is 5.82 Å². The van der Waals surface area contributed by atoms with Gasteiger partial charge in [0.25, 0.3) is 0 Å². The molecule has 0 fully saturated rings. The van der Waals surface area contributed by atoms with Gasteiger partial charge in [-0.3, -0.25) is 4.79 Å². The number of nitrogens with two attached hydrogens (primary N) is 1. The molecule has 1 aromatic carbocycles. The topological polar surface area (TPSA) is 68.0 Å². The second-order valence-corrected chi connectivity index (χ2v) is 5.45. The Labute approximate surface area is 113 Å². The molecule has 1 amide bonds. The Morgan fingerprint density at radius 2 is 2.05 bits per heavy atom. The minimum absolute atomic E-state index is 0.321. The number of carbonyl (C=O) groups is 1. The van der Waals surface area contributed by atoms with Crippen molar-refractivity contribution in [2.45, 2.75) is 20.8 Å². The average Bonchev–Trinajstić information content (AvgIpc) is 2.36. The highest BCUT2D eigenvalue weighted by molar-refractivity contribution is 5.82. The van der Waals surface area contributed by atoms with Gasteiger partial charge in [-0.05, 0) is 38.5 Å². The zero-order chi connectivity index (χ0) is 14.0. The molecule has 2 rings (SSSR count). The van der Waals surface area contributed by atoms with E-state index in [1.807, 2.05) is 45.0 Å². The SMILES string of the molecule is Cc1cc2ccccc2nc1NCC(C)(C)C(N)=O. The van der Waals surface area contributed by atoms with Crippen LogP contribution in [0.25, 0.3) is 10.9 Å². The molecule has 2 aromatic rings. The Hall–Kier alpha value is -2.10. The van der Waals surface area contributed by atoms with Crippen molar-refractivity contribution in [3.63, 3.8) is 0 Å². The number of fused-ring (bicyclic) bond motifs is 1. The number of primary amides is 1. The predicted molar refractivity (Wildman–Crippen MR) is 77.9 cm³/mol. The third kappa shape index (κ3) is 2.84. The summed E-state index contributed by atoms with van der Waals surface area (Å²) in [6, 6.07) is 10.0. The molecule has 0 aliphatic heterocycles. The van der Waals surface area contributed by atoms with Crippen LogP contribution in [0, 0.1) is 12.3 Å². The van der Waals surface area contributed by atoms with Gasteiger partial charge in [-0.15, -0.1) is 0 Å². The lowest BCUT2D eigenvalue weighted by atomic mass is 9.93. The third-order valence-electron chi connectivity index (χ3n) is 3.28. The highest BCUT2D eigenvalue weighted by Gasteiger charge is 2.24. The maximum absolute atomic E-state index is 11.3. The number of aromatic nitrogens is 1. The molecule has 0 bridgehead atoms. The number of nitrogens with one attached hydrogen (secondary N) is 1.